The molecule has 0 saturated carbocycles. The van der Waals surface area contributed by atoms with Crippen molar-refractivity contribution in [3.63, 3.8) is 0 Å². The molecule has 2 aromatic rings. The highest BCUT2D eigenvalue weighted by molar-refractivity contribution is 5.90. The average molecular weight is 361 g/mol. The van der Waals surface area contributed by atoms with E-state index in [-0.39, 0.29) is 16.4 Å². The Morgan fingerprint density at radius 3 is 2.33 bits per heavy atom. The summed E-state index contributed by atoms with van der Waals surface area (Å²) in [5.74, 6) is 4.37. The maximum atomic E-state index is 11.8. The molecule has 1 aliphatic carbocycles. The molecule has 0 unspecified atom stereocenters. The molecule has 3 rings (SSSR count). The normalized spacial score (nSPS) is 16.7. The van der Waals surface area contributed by atoms with Crippen LogP contribution in [0.2, 0.25) is 0 Å². The van der Waals surface area contributed by atoms with Crippen molar-refractivity contribution < 1.29 is 15.0 Å². The molecule has 0 fully saturated rings. The van der Waals surface area contributed by atoms with Crippen molar-refractivity contribution >= 4 is 5.97 Å². The van der Waals surface area contributed by atoms with Crippen LogP contribution in [0.15, 0.2) is 36.4 Å². The van der Waals surface area contributed by atoms with Gasteiger partial charge in [0.05, 0.1) is 5.56 Å². The fourth-order valence-corrected chi connectivity index (χ4v) is 3.77. The smallest absolute Gasteiger partial charge is 0.335 e. The average Bonchev–Trinajstić information content (AvgIpc) is 2.59. The molecule has 0 aromatic heterocycles. The second-order valence-corrected chi connectivity index (χ2v) is 8.64. The number of carboxylic acid groups (broad SMARTS) is 1. The summed E-state index contributed by atoms with van der Waals surface area (Å²) in [4.78, 5) is 10.9. The van der Waals surface area contributed by atoms with E-state index in [1.807, 2.05) is 0 Å². The highest BCUT2D eigenvalue weighted by Crippen LogP contribution is 2.45. The van der Waals surface area contributed by atoms with Gasteiger partial charge in [-0.25, -0.2) is 4.79 Å². The fraction of sp³-hybridized carbons (Fsp3) is 0.375. The van der Waals surface area contributed by atoms with Gasteiger partial charge in [0.15, 0.2) is 0 Å². The maximum Gasteiger partial charge on any atom is 0.335 e. The largest absolute Gasteiger partial charge is 0.872 e. The van der Waals surface area contributed by atoms with Crippen molar-refractivity contribution in [2.45, 2.75) is 57.8 Å². The van der Waals surface area contributed by atoms with Gasteiger partial charge in [-0.1, -0.05) is 69.6 Å². The molecule has 0 radical (unpaired) electrons. The van der Waals surface area contributed by atoms with E-state index < -0.39 is 11.7 Å². The van der Waals surface area contributed by atoms with Gasteiger partial charge in [0.25, 0.3) is 0 Å². The van der Waals surface area contributed by atoms with Crippen LogP contribution in [0.25, 0.3) is 0 Å². The first-order valence-electron chi connectivity index (χ1n) is 9.27. The van der Waals surface area contributed by atoms with Gasteiger partial charge in [-0.15, -0.1) is 0 Å². The Kier molecular flexibility index (Phi) is 4.78. The molecule has 0 atom stereocenters. The first-order valence-corrected chi connectivity index (χ1v) is 9.27. The summed E-state index contributed by atoms with van der Waals surface area (Å²) in [6.45, 7) is 9.22. The lowest BCUT2D eigenvalue weighted by atomic mass is 9.63. The lowest BCUT2D eigenvalue weighted by molar-refractivity contribution is -0.268. The molecule has 0 saturated heterocycles. The Morgan fingerprint density at radius 2 is 1.70 bits per heavy atom. The minimum atomic E-state index is -1.21. The lowest BCUT2D eigenvalue weighted by Crippen LogP contribution is -2.33. The number of rotatable bonds is 2. The summed E-state index contributed by atoms with van der Waals surface area (Å²) in [6.07, 6.45) is 2.96. The van der Waals surface area contributed by atoms with Crippen LogP contribution in [0, 0.1) is 11.8 Å². The topological polar surface area (TPSA) is 60.4 Å². The van der Waals surface area contributed by atoms with E-state index in [2.05, 4.69) is 57.7 Å². The molecule has 0 heterocycles. The van der Waals surface area contributed by atoms with Crippen LogP contribution in [0.1, 0.15) is 73.1 Å². The van der Waals surface area contributed by atoms with Gasteiger partial charge in [-0.2, -0.15) is 0 Å². The zero-order valence-corrected chi connectivity index (χ0v) is 16.3. The Hall–Kier alpha value is -2.73. The Morgan fingerprint density at radius 1 is 1.04 bits per heavy atom. The van der Waals surface area contributed by atoms with Crippen molar-refractivity contribution in [1.82, 2.24) is 0 Å². The molecular weight excluding hydrogens is 336 g/mol. The molecule has 1 aliphatic rings. The number of benzene rings is 2. The molecule has 140 valence electrons. The van der Waals surface area contributed by atoms with Gasteiger partial charge >= 0.3 is 5.97 Å². The SMILES string of the molecule is CC1(C)CCC(C)(C)c2cc(CC#Cc3ccc(C(=O)O)c([O-])c3)ccc21. The van der Waals surface area contributed by atoms with Crippen LogP contribution in [0.4, 0.5) is 0 Å². The molecule has 3 nitrogen and oxygen atoms in total. The zero-order chi connectivity index (χ0) is 19.8. The molecule has 0 aliphatic heterocycles. The van der Waals surface area contributed by atoms with Crippen LogP contribution in [-0.4, -0.2) is 11.1 Å². The Labute approximate surface area is 161 Å². The van der Waals surface area contributed by atoms with Crippen molar-refractivity contribution in [3.05, 3.63) is 64.2 Å². The lowest BCUT2D eigenvalue weighted by Gasteiger charge is -2.42. The predicted octanol–water partition coefficient (Wildman–Crippen LogP) is 4.40. The quantitative estimate of drug-likeness (QED) is 0.807. The van der Waals surface area contributed by atoms with Crippen LogP contribution >= 0.6 is 0 Å². The summed E-state index contributed by atoms with van der Waals surface area (Å²) in [5.41, 5.74) is 4.69. The number of carboxylic acids is 1. The van der Waals surface area contributed by atoms with Crippen molar-refractivity contribution in [2.24, 2.45) is 0 Å². The molecule has 0 bridgehead atoms. The second-order valence-electron chi connectivity index (χ2n) is 8.64. The van der Waals surface area contributed by atoms with Gasteiger partial charge in [0.2, 0.25) is 0 Å². The summed E-state index contributed by atoms with van der Waals surface area (Å²) in [7, 11) is 0. The number of carbonyl (C=O) groups is 1. The van der Waals surface area contributed by atoms with Crippen LogP contribution in [-0.2, 0) is 17.3 Å². The van der Waals surface area contributed by atoms with E-state index in [0.717, 1.165) is 5.56 Å². The van der Waals surface area contributed by atoms with Crippen LogP contribution in [0.3, 0.4) is 0 Å². The minimum Gasteiger partial charge on any atom is -0.872 e. The summed E-state index contributed by atoms with van der Waals surface area (Å²) < 4.78 is 0. The van der Waals surface area contributed by atoms with E-state index in [9.17, 15) is 9.90 Å². The molecule has 2 aromatic carbocycles. The molecule has 0 spiro atoms. The molecule has 1 N–H and O–H groups in total. The highest BCUT2D eigenvalue weighted by atomic mass is 16.4. The molecule has 27 heavy (non-hydrogen) atoms. The Balaban J connectivity index is 1.84. The maximum absolute atomic E-state index is 11.8. The van der Waals surface area contributed by atoms with Gasteiger partial charge < -0.3 is 10.2 Å². The third-order valence-corrected chi connectivity index (χ3v) is 5.65. The van der Waals surface area contributed by atoms with Crippen LogP contribution in [0.5, 0.6) is 5.75 Å². The predicted molar refractivity (Wildman–Crippen MR) is 105 cm³/mol. The van der Waals surface area contributed by atoms with Crippen molar-refractivity contribution in [3.8, 4) is 17.6 Å². The Bertz CT molecular complexity index is 955. The van der Waals surface area contributed by atoms with E-state index >= 15 is 0 Å². The summed E-state index contributed by atoms with van der Waals surface area (Å²) >= 11 is 0. The third kappa shape index (κ3) is 3.85. The van der Waals surface area contributed by atoms with E-state index in [4.69, 9.17) is 5.11 Å². The second kappa shape index (κ2) is 6.78. The number of hydrogen-bond acceptors (Lipinski definition) is 2. The first-order chi connectivity index (χ1) is 12.6. The van der Waals surface area contributed by atoms with Gasteiger partial charge in [-0.05, 0) is 52.5 Å². The van der Waals surface area contributed by atoms with Gasteiger partial charge in [0.1, 0.15) is 0 Å². The van der Waals surface area contributed by atoms with E-state index in [1.165, 1.54) is 36.1 Å². The van der Waals surface area contributed by atoms with E-state index in [0.29, 0.717) is 12.0 Å². The van der Waals surface area contributed by atoms with Gasteiger partial charge in [-0.3, -0.25) is 0 Å². The minimum absolute atomic E-state index is 0.165. The van der Waals surface area contributed by atoms with E-state index in [1.54, 1.807) is 6.07 Å². The van der Waals surface area contributed by atoms with Crippen molar-refractivity contribution in [2.75, 3.05) is 0 Å². The highest BCUT2D eigenvalue weighted by Gasteiger charge is 2.36. The molecule has 0 amide bonds. The van der Waals surface area contributed by atoms with Gasteiger partial charge in [0, 0.05) is 12.0 Å². The van der Waals surface area contributed by atoms with Crippen molar-refractivity contribution in [1.29, 1.82) is 0 Å². The summed E-state index contributed by atoms with van der Waals surface area (Å²) in [5, 5.41) is 20.7. The molecular formula is C24H25O3-. The number of fused-ring (bicyclic) bond motifs is 1. The fourth-order valence-electron chi connectivity index (χ4n) is 3.77. The monoisotopic (exact) mass is 361 g/mol. The summed E-state index contributed by atoms with van der Waals surface area (Å²) in [6, 6.07) is 10.8. The standard InChI is InChI=1S/C24H26O3/c1-23(2)12-13-24(3,4)20-14-16(9-11-19(20)23)6-5-7-17-8-10-18(22(26)27)21(25)15-17/h8-11,14-15,25H,6,12-13H2,1-4H3,(H,26,27)/p-1. The molecule has 3 heteroatoms. The number of aromatic carboxylic acids is 1. The third-order valence-electron chi connectivity index (χ3n) is 5.65. The van der Waals surface area contributed by atoms with Crippen LogP contribution < -0.4 is 5.11 Å². The number of hydrogen-bond donors (Lipinski definition) is 1. The first kappa shape index (κ1) is 19.0. The zero-order valence-electron chi connectivity index (χ0n) is 16.3.